The maximum absolute atomic E-state index is 10.9. The first-order valence-electron chi connectivity index (χ1n) is 4.69. The molecule has 0 saturated heterocycles. The molecule has 76 valence electrons. The molecular formula is C9H8N4O2. The van der Waals surface area contributed by atoms with E-state index in [1.165, 1.54) is 0 Å². The van der Waals surface area contributed by atoms with E-state index in [0.29, 0.717) is 24.2 Å². The van der Waals surface area contributed by atoms with Crippen LogP contribution in [0, 0.1) is 0 Å². The van der Waals surface area contributed by atoms with E-state index < -0.39 is 11.9 Å². The predicted molar refractivity (Wildman–Crippen MR) is 49.5 cm³/mol. The summed E-state index contributed by atoms with van der Waals surface area (Å²) in [6.07, 6.45) is 2.91. The molecule has 1 N–H and O–H groups in total. The van der Waals surface area contributed by atoms with Gasteiger partial charge in [-0.25, -0.2) is 4.52 Å². The summed E-state index contributed by atoms with van der Waals surface area (Å²) in [6, 6.07) is 1.75. The first-order chi connectivity index (χ1) is 7.27. The average Bonchev–Trinajstić information content (AvgIpc) is 2.82. The van der Waals surface area contributed by atoms with Crippen LogP contribution in [0.4, 0.5) is 0 Å². The molecule has 0 aromatic carbocycles. The zero-order chi connectivity index (χ0) is 10.4. The van der Waals surface area contributed by atoms with Gasteiger partial charge in [-0.1, -0.05) is 0 Å². The zero-order valence-corrected chi connectivity index (χ0v) is 7.79. The monoisotopic (exact) mass is 204 g/mol. The van der Waals surface area contributed by atoms with Crippen LogP contribution in [0.3, 0.4) is 0 Å². The van der Waals surface area contributed by atoms with E-state index in [1.54, 1.807) is 16.8 Å². The van der Waals surface area contributed by atoms with Crippen molar-refractivity contribution in [2.24, 2.45) is 0 Å². The van der Waals surface area contributed by atoms with Gasteiger partial charge in [-0.05, 0) is 12.8 Å². The summed E-state index contributed by atoms with van der Waals surface area (Å²) >= 11 is 0. The molecule has 2 aromatic rings. The summed E-state index contributed by atoms with van der Waals surface area (Å²) in [5, 5.41) is 21.0. The van der Waals surface area contributed by atoms with Crippen molar-refractivity contribution in [3.8, 4) is 0 Å². The van der Waals surface area contributed by atoms with Crippen LogP contribution in [-0.4, -0.2) is 30.9 Å². The van der Waals surface area contributed by atoms with Crippen LogP contribution in [0.1, 0.15) is 23.7 Å². The van der Waals surface area contributed by atoms with Crippen LogP contribution in [0.2, 0.25) is 0 Å². The van der Waals surface area contributed by atoms with E-state index in [2.05, 4.69) is 15.3 Å². The van der Waals surface area contributed by atoms with Crippen molar-refractivity contribution in [1.29, 1.82) is 0 Å². The van der Waals surface area contributed by atoms with Gasteiger partial charge in [0.15, 0.2) is 5.65 Å². The van der Waals surface area contributed by atoms with E-state index in [1.807, 2.05) is 0 Å². The van der Waals surface area contributed by atoms with E-state index in [4.69, 9.17) is 5.11 Å². The number of hydrogen-bond acceptors (Lipinski definition) is 4. The number of hydrogen-bond donors (Lipinski definition) is 1. The molecule has 6 heteroatoms. The molecule has 15 heavy (non-hydrogen) atoms. The van der Waals surface area contributed by atoms with Gasteiger partial charge in [0.25, 0.3) is 0 Å². The molecule has 6 nitrogen and oxygen atoms in total. The number of aromatic nitrogens is 4. The number of aliphatic carboxylic acids is 1. The number of rotatable bonds is 1. The van der Waals surface area contributed by atoms with Crippen molar-refractivity contribution < 1.29 is 9.90 Å². The largest absolute Gasteiger partial charge is 0.481 e. The summed E-state index contributed by atoms with van der Waals surface area (Å²) in [5.41, 5.74) is 2.09. The van der Waals surface area contributed by atoms with E-state index in [-0.39, 0.29) is 0 Å². The zero-order valence-electron chi connectivity index (χ0n) is 7.79. The Bertz CT molecular complexity index is 548. The maximum atomic E-state index is 10.9. The smallest absolute Gasteiger partial charge is 0.312 e. The van der Waals surface area contributed by atoms with Gasteiger partial charge in [0.05, 0.1) is 17.6 Å². The number of carbonyl (C=O) groups is 1. The van der Waals surface area contributed by atoms with Crippen LogP contribution in [0.15, 0.2) is 12.3 Å². The number of aryl methyl sites for hydroxylation is 1. The fraction of sp³-hybridized carbons (Fsp3) is 0.333. The minimum atomic E-state index is -0.838. The van der Waals surface area contributed by atoms with Crippen molar-refractivity contribution in [2.75, 3.05) is 0 Å². The highest BCUT2D eigenvalue weighted by atomic mass is 16.4. The lowest BCUT2D eigenvalue weighted by molar-refractivity contribution is -0.138. The lowest BCUT2D eigenvalue weighted by atomic mass is 10.1. The number of fused-ring (bicyclic) bond motifs is 3. The highest BCUT2D eigenvalue weighted by Crippen LogP contribution is 2.30. The Morgan fingerprint density at radius 2 is 2.40 bits per heavy atom. The van der Waals surface area contributed by atoms with Gasteiger partial charge in [-0.15, -0.1) is 5.10 Å². The SMILES string of the molecule is O=C(O)C1CCc2c1nnc1ccnn21. The summed E-state index contributed by atoms with van der Waals surface area (Å²) in [5.74, 6) is -1.37. The van der Waals surface area contributed by atoms with Crippen LogP contribution in [-0.2, 0) is 11.2 Å². The Morgan fingerprint density at radius 1 is 1.53 bits per heavy atom. The van der Waals surface area contributed by atoms with Crippen molar-refractivity contribution in [1.82, 2.24) is 19.8 Å². The van der Waals surface area contributed by atoms with Crippen molar-refractivity contribution in [3.63, 3.8) is 0 Å². The molecule has 0 radical (unpaired) electrons. The van der Waals surface area contributed by atoms with Crippen molar-refractivity contribution in [2.45, 2.75) is 18.8 Å². The number of carboxylic acids is 1. The molecule has 0 fully saturated rings. The second kappa shape index (κ2) is 2.75. The molecule has 0 bridgehead atoms. The van der Waals surface area contributed by atoms with Crippen LogP contribution in [0.25, 0.3) is 5.65 Å². The standard InChI is InChI=1S/C9H8N4O2/c14-9(15)5-1-2-6-8(5)12-11-7-3-4-10-13(6)7/h3-5H,1-2H2,(H,14,15). The van der Waals surface area contributed by atoms with E-state index in [9.17, 15) is 4.79 Å². The maximum Gasteiger partial charge on any atom is 0.312 e. The molecule has 1 aliphatic rings. The average molecular weight is 204 g/mol. The van der Waals surface area contributed by atoms with Gasteiger partial charge in [-0.3, -0.25) is 4.79 Å². The third kappa shape index (κ3) is 1.04. The first-order valence-corrected chi connectivity index (χ1v) is 4.69. The highest BCUT2D eigenvalue weighted by molar-refractivity contribution is 5.76. The molecule has 1 atom stereocenters. The molecule has 2 aromatic heterocycles. The highest BCUT2D eigenvalue weighted by Gasteiger charge is 2.32. The van der Waals surface area contributed by atoms with E-state index >= 15 is 0 Å². The summed E-state index contributed by atoms with van der Waals surface area (Å²) in [7, 11) is 0. The molecule has 0 aliphatic heterocycles. The van der Waals surface area contributed by atoms with Gasteiger partial charge in [0, 0.05) is 6.07 Å². The summed E-state index contributed by atoms with van der Waals surface area (Å²) in [4.78, 5) is 10.9. The third-order valence-corrected chi connectivity index (χ3v) is 2.73. The normalized spacial score (nSPS) is 19.3. The van der Waals surface area contributed by atoms with Gasteiger partial charge in [0.1, 0.15) is 5.92 Å². The van der Waals surface area contributed by atoms with Gasteiger partial charge in [-0.2, -0.15) is 10.2 Å². The van der Waals surface area contributed by atoms with Crippen molar-refractivity contribution in [3.05, 3.63) is 23.7 Å². The number of nitrogens with zero attached hydrogens (tertiary/aromatic N) is 4. The van der Waals surface area contributed by atoms with Gasteiger partial charge < -0.3 is 5.11 Å². The quantitative estimate of drug-likeness (QED) is 0.719. The minimum Gasteiger partial charge on any atom is -0.481 e. The lowest BCUT2D eigenvalue weighted by Crippen LogP contribution is -2.11. The Balaban J connectivity index is 2.26. The molecule has 0 saturated carbocycles. The van der Waals surface area contributed by atoms with E-state index in [0.717, 1.165) is 5.69 Å². The molecule has 0 amide bonds. The lowest BCUT2D eigenvalue weighted by Gasteiger charge is -2.03. The van der Waals surface area contributed by atoms with Crippen LogP contribution in [0.5, 0.6) is 0 Å². The summed E-state index contributed by atoms with van der Waals surface area (Å²) < 4.78 is 1.67. The number of carboxylic acid groups (broad SMARTS) is 1. The Morgan fingerprint density at radius 3 is 3.20 bits per heavy atom. The topological polar surface area (TPSA) is 80.4 Å². The molecule has 2 heterocycles. The van der Waals surface area contributed by atoms with Gasteiger partial charge in [0.2, 0.25) is 0 Å². The van der Waals surface area contributed by atoms with Crippen LogP contribution < -0.4 is 0 Å². The van der Waals surface area contributed by atoms with Crippen LogP contribution >= 0.6 is 0 Å². The Labute approximate surface area is 84.6 Å². The molecular weight excluding hydrogens is 196 g/mol. The minimum absolute atomic E-state index is 0.527. The van der Waals surface area contributed by atoms with Gasteiger partial charge >= 0.3 is 5.97 Å². The predicted octanol–water partition coefficient (Wildman–Crippen LogP) is 0.239. The van der Waals surface area contributed by atoms with Crippen molar-refractivity contribution >= 4 is 11.6 Å². The first kappa shape index (κ1) is 8.34. The Kier molecular flexibility index (Phi) is 1.53. The molecule has 3 rings (SSSR count). The Hall–Kier alpha value is -1.98. The fourth-order valence-electron chi connectivity index (χ4n) is 2.01. The fourth-order valence-corrected chi connectivity index (χ4v) is 2.01. The molecule has 0 spiro atoms. The summed E-state index contributed by atoms with van der Waals surface area (Å²) in [6.45, 7) is 0. The third-order valence-electron chi connectivity index (χ3n) is 2.73. The molecule has 1 aliphatic carbocycles. The second-order valence-electron chi connectivity index (χ2n) is 3.56. The molecule has 1 unspecified atom stereocenters. The second-order valence-corrected chi connectivity index (χ2v) is 3.56.